The predicted molar refractivity (Wildman–Crippen MR) is 131 cm³/mol. The van der Waals surface area contributed by atoms with Crippen LogP contribution in [0.4, 0.5) is 11.4 Å². The van der Waals surface area contributed by atoms with E-state index in [4.69, 9.17) is 27.5 Å². The molecule has 0 saturated heterocycles. The van der Waals surface area contributed by atoms with E-state index in [0.29, 0.717) is 11.5 Å². The van der Waals surface area contributed by atoms with Gasteiger partial charge >= 0.3 is 195 Å². The molecule has 7 heteroatoms. The van der Waals surface area contributed by atoms with Crippen LogP contribution in [-0.4, -0.2) is 24.5 Å². The second-order valence-electron chi connectivity index (χ2n) is 7.67. The van der Waals surface area contributed by atoms with Crippen molar-refractivity contribution in [3.05, 3.63) is 81.9 Å². The number of para-hydroxylation sites is 2. The molecule has 3 aromatic rings. The average Bonchev–Trinajstić information content (AvgIpc) is 2.70. The SMILES string of the molecule is Cc1cc(C)c2c(c1)C=Nc1ccccc1N=Cc1cc(C)cc(C)c1[O][Ge]([Cl])([Cl])[O]2. The first-order valence-electron chi connectivity index (χ1n) is 9.87. The van der Waals surface area contributed by atoms with E-state index in [2.05, 4.69) is 9.98 Å². The van der Waals surface area contributed by atoms with Gasteiger partial charge in [0.15, 0.2) is 0 Å². The quantitative estimate of drug-likeness (QED) is 0.301. The van der Waals surface area contributed by atoms with Gasteiger partial charge in [-0.25, -0.2) is 0 Å². The van der Waals surface area contributed by atoms with E-state index in [0.717, 1.165) is 44.8 Å². The van der Waals surface area contributed by atoms with Crippen molar-refractivity contribution in [1.82, 2.24) is 0 Å². The van der Waals surface area contributed by atoms with Crippen LogP contribution in [0, 0.1) is 27.7 Å². The normalized spacial score (nSPS) is 14.6. The predicted octanol–water partition coefficient (Wildman–Crippen LogP) is 7.11. The molecule has 0 aliphatic carbocycles. The number of hydrogen-bond donors (Lipinski definition) is 0. The number of hydrogen-bond acceptors (Lipinski definition) is 4. The number of fused-ring (bicyclic) bond motifs is 3. The number of rotatable bonds is 0. The van der Waals surface area contributed by atoms with Gasteiger partial charge in [-0.3, -0.25) is 0 Å². The van der Waals surface area contributed by atoms with Crippen molar-refractivity contribution in [2.45, 2.75) is 27.7 Å². The molecule has 3 aromatic carbocycles. The summed E-state index contributed by atoms with van der Waals surface area (Å²) in [4.78, 5) is 9.38. The van der Waals surface area contributed by atoms with Gasteiger partial charge in [-0.2, -0.15) is 0 Å². The minimum atomic E-state index is -4.23. The van der Waals surface area contributed by atoms with E-state index in [1.165, 1.54) is 0 Å². The van der Waals surface area contributed by atoms with Crippen LogP contribution in [0.2, 0.25) is 0 Å². The second-order valence-corrected chi connectivity index (χ2v) is 16.7. The third kappa shape index (κ3) is 4.97. The zero-order valence-electron chi connectivity index (χ0n) is 17.7. The van der Waals surface area contributed by atoms with E-state index in [1.54, 1.807) is 12.4 Å². The van der Waals surface area contributed by atoms with E-state index in [9.17, 15) is 0 Å². The summed E-state index contributed by atoms with van der Waals surface area (Å²) in [6, 6.07) is 15.8. The molecule has 4 rings (SSSR count). The van der Waals surface area contributed by atoms with Crippen molar-refractivity contribution in [2.75, 3.05) is 0 Å². The third-order valence-corrected chi connectivity index (χ3v) is 8.36. The van der Waals surface area contributed by atoms with Crippen molar-refractivity contribution in [3.63, 3.8) is 0 Å². The molecule has 0 atom stereocenters. The van der Waals surface area contributed by atoms with Crippen LogP contribution in [0.5, 0.6) is 11.5 Å². The van der Waals surface area contributed by atoms with Crippen LogP contribution < -0.4 is 7.53 Å². The Balaban J connectivity index is 1.96. The van der Waals surface area contributed by atoms with Gasteiger partial charge < -0.3 is 0 Å². The minimum absolute atomic E-state index is 0.586. The van der Waals surface area contributed by atoms with E-state index >= 15 is 0 Å². The molecule has 0 fully saturated rings. The Labute approximate surface area is 194 Å². The van der Waals surface area contributed by atoms with Gasteiger partial charge in [-0.05, 0) is 0 Å². The number of aliphatic imine (C=N–C) groups is 2. The molecule has 31 heavy (non-hydrogen) atoms. The number of benzene rings is 3. The maximum absolute atomic E-state index is 6.70. The summed E-state index contributed by atoms with van der Waals surface area (Å²) in [5, 5.41) is 0. The Bertz CT molecular complexity index is 1130. The zero-order valence-corrected chi connectivity index (χ0v) is 21.4. The molecular weight excluding hydrogens is 492 g/mol. The Morgan fingerprint density at radius 1 is 0.677 bits per heavy atom. The first kappa shape index (κ1) is 21.9. The molecular formula is C24H22Cl2GeN2O2. The molecule has 4 nitrogen and oxygen atoms in total. The first-order chi connectivity index (χ1) is 14.7. The van der Waals surface area contributed by atoms with Gasteiger partial charge in [0.25, 0.3) is 0 Å². The molecule has 0 aromatic heterocycles. The van der Waals surface area contributed by atoms with Crippen molar-refractivity contribution in [3.8, 4) is 11.5 Å². The van der Waals surface area contributed by atoms with Crippen molar-refractivity contribution in [1.29, 1.82) is 0 Å². The van der Waals surface area contributed by atoms with Gasteiger partial charge in [0, 0.05) is 0 Å². The van der Waals surface area contributed by atoms with Crippen LogP contribution >= 0.6 is 20.0 Å². The maximum atomic E-state index is 6.70. The number of nitrogens with zero attached hydrogens (tertiary/aromatic N) is 2. The molecule has 1 aliphatic heterocycles. The van der Waals surface area contributed by atoms with Crippen molar-refractivity contribution < 1.29 is 7.53 Å². The Kier molecular flexibility index (Phi) is 6.15. The van der Waals surface area contributed by atoms with Gasteiger partial charge in [0.05, 0.1) is 0 Å². The molecule has 0 spiro atoms. The van der Waals surface area contributed by atoms with Crippen molar-refractivity contribution in [2.24, 2.45) is 9.98 Å². The van der Waals surface area contributed by atoms with Crippen molar-refractivity contribution >= 4 is 55.9 Å². The van der Waals surface area contributed by atoms with Crippen LogP contribution in [0.25, 0.3) is 0 Å². The van der Waals surface area contributed by atoms with Gasteiger partial charge in [0.1, 0.15) is 0 Å². The molecule has 0 N–H and O–H groups in total. The van der Waals surface area contributed by atoms with Crippen LogP contribution in [0.1, 0.15) is 33.4 Å². The van der Waals surface area contributed by atoms with E-state index < -0.39 is 12.1 Å². The van der Waals surface area contributed by atoms with Gasteiger partial charge in [-0.15, -0.1) is 0 Å². The third-order valence-electron chi connectivity index (χ3n) is 4.90. The summed E-state index contributed by atoms with van der Waals surface area (Å²) >= 11 is -4.23. The molecule has 1 aliphatic rings. The molecule has 0 amide bonds. The van der Waals surface area contributed by atoms with E-state index in [-0.39, 0.29) is 0 Å². The fraction of sp³-hybridized carbons (Fsp3) is 0.167. The van der Waals surface area contributed by atoms with Gasteiger partial charge in [0.2, 0.25) is 0 Å². The molecule has 1 heterocycles. The number of aryl methyl sites for hydroxylation is 4. The van der Waals surface area contributed by atoms with Crippen LogP contribution in [-0.2, 0) is 0 Å². The fourth-order valence-electron chi connectivity index (χ4n) is 3.66. The van der Waals surface area contributed by atoms with Crippen LogP contribution in [0.3, 0.4) is 0 Å². The summed E-state index contributed by atoms with van der Waals surface area (Å²) < 4.78 is 12.3. The fourth-order valence-corrected chi connectivity index (χ4v) is 7.52. The summed E-state index contributed by atoms with van der Waals surface area (Å²) in [7, 11) is 13.4. The molecule has 0 bridgehead atoms. The molecule has 0 radical (unpaired) electrons. The summed E-state index contributed by atoms with van der Waals surface area (Å²) in [6.07, 6.45) is 3.52. The Hall–Kier alpha value is -2.28. The van der Waals surface area contributed by atoms with Gasteiger partial charge in [-0.1, -0.05) is 0 Å². The first-order valence-corrected chi connectivity index (χ1v) is 17.1. The molecule has 0 saturated carbocycles. The zero-order chi connectivity index (χ0) is 22.2. The Morgan fingerprint density at radius 2 is 1.10 bits per heavy atom. The summed E-state index contributed by atoms with van der Waals surface area (Å²) in [5.41, 5.74) is 7.08. The average molecular weight is 514 g/mol. The molecule has 158 valence electrons. The number of halogens is 2. The topological polar surface area (TPSA) is 43.2 Å². The van der Waals surface area contributed by atoms with E-state index in [1.807, 2.05) is 76.2 Å². The standard InChI is InChI=1S/C24H22Cl2GeN2O2/c1-15-9-17(3)23-19(11-15)13-28-21-7-5-6-8-22(21)29-14-20-12-16(2)10-18(4)24(20)31-27(25,26)30-23/h5-14H,1-4H3. The van der Waals surface area contributed by atoms with Crippen LogP contribution in [0.15, 0.2) is 58.5 Å². The second kappa shape index (κ2) is 8.69. The monoisotopic (exact) mass is 514 g/mol. The summed E-state index contributed by atoms with van der Waals surface area (Å²) in [5.74, 6) is 1.17. The Morgan fingerprint density at radius 3 is 1.52 bits per heavy atom. The summed E-state index contributed by atoms with van der Waals surface area (Å²) in [6.45, 7) is 7.97. The molecule has 0 unspecified atom stereocenters.